The minimum absolute atomic E-state index is 0. The first-order valence-electron chi connectivity index (χ1n) is 3.82. The molecule has 0 spiro atoms. The zero-order valence-electron chi connectivity index (χ0n) is 7.16. The summed E-state index contributed by atoms with van der Waals surface area (Å²) in [6, 6.07) is 0.128. The first kappa shape index (κ1) is 11.5. The van der Waals surface area contributed by atoms with Gasteiger partial charge in [0.05, 0.1) is 7.11 Å². The van der Waals surface area contributed by atoms with Gasteiger partial charge in [-0.25, -0.2) is 4.79 Å². The Morgan fingerprint density at radius 1 is 1.67 bits per heavy atom. The topological polar surface area (TPSA) is 55.6 Å². The van der Waals surface area contributed by atoms with Crippen molar-refractivity contribution < 1.29 is 9.53 Å². The van der Waals surface area contributed by atoms with Crippen molar-refractivity contribution in [1.82, 2.24) is 4.90 Å². The number of carbonyl (C=O) groups is 1. The predicted octanol–water partition coefficient (Wildman–Crippen LogP) is 0.598. The number of amides is 1. The van der Waals surface area contributed by atoms with Gasteiger partial charge in [0.25, 0.3) is 0 Å². The summed E-state index contributed by atoms with van der Waals surface area (Å²) in [6.07, 6.45) is 1.73. The third kappa shape index (κ3) is 2.87. The van der Waals surface area contributed by atoms with Crippen molar-refractivity contribution in [3.63, 3.8) is 0 Å². The largest absolute Gasteiger partial charge is 0.453 e. The molecule has 0 saturated carbocycles. The number of rotatable bonds is 0. The number of carbonyl (C=O) groups excluding carboxylic acids is 1. The molecule has 1 saturated heterocycles. The van der Waals surface area contributed by atoms with Crippen LogP contribution in [0.5, 0.6) is 0 Å². The summed E-state index contributed by atoms with van der Waals surface area (Å²) >= 11 is 0. The molecule has 5 heteroatoms. The Balaban J connectivity index is 0.00000121. The van der Waals surface area contributed by atoms with Crippen molar-refractivity contribution in [3.05, 3.63) is 0 Å². The van der Waals surface area contributed by atoms with E-state index >= 15 is 0 Å². The Kier molecular flexibility index (Phi) is 5.01. The van der Waals surface area contributed by atoms with E-state index in [9.17, 15) is 4.79 Å². The van der Waals surface area contributed by atoms with Crippen molar-refractivity contribution in [3.8, 4) is 0 Å². The Morgan fingerprint density at radius 3 is 2.83 bits per heavy atom. The molecular weight excluding hydrogens is 180 g/mol. The zero-order chi connectivity index (χ0) is 8.27. The maximum atomic E-state index is 11.0. The number of ether oxygens (including phenoxy) is 1. The van der Waals surface area contributed by atoms with Crippen LogP contribution in [0.25, 0.3) is 0 Å². The third-order valence-electron chi connectivity index (χ3n) is 1.89. The second-order valence-corrected chi connectivity index (χ2v) is 2.82. The highest BCUT2D eigenvalue weighted by molar-refractivity contribution is 5.85. The van der Waals surface area contributed by atoms with E-state index in [2.05, 4.69) is 4.74 Å². The Hall–Kier alpha value is -0.480. The highest BCUT2D eigenvalue weighted by Crippen LogP contribution is 2.08. The fraction of sp³-hybridized carbons (Fsp3) is 0.857. The molecule has 1 heterocycles. The molecule has 0 aliphatic carbocycles. The van der Waals surface area contributed by atoms with Crippen molar-refractivity contribution >= 4 is 18.5 Å². The van der Waals surface area contributed by atoms with E-state index in [1.165, 1.54) is 7.11 Å². The van der Waals surface area contributed by atoms with Crippen molar-refractivity contribution in [2.75, 3.05) is 20.2 Å². The molecule has 1 aliphatic rings. The number of nitrogens with two attached hydrogens (primary N) is 1. The predicted molar refractivity (Wildman–Crippen MR) is 48.4 cm³/mol. The van der Waals surface area contributed by atoms with Crippen LogP contribution in [-0.2, 0) is 4.74 Å². The zero-order valence-corrected chi connectivity index (χ0v) is 7.97. The van der Waals surface area contributed by atoms with Gasteiger partial charge in [0.2, 0.25) is 0 Å². The molecule has 1 amide bonds. The molecule has 0 aromatic rings. The third-order valence-corrected chi connectivity index (χ3v) is 1.89. The highest BCUT2D eigenvalue weighted by atomic mass is 35.5. The minimum Gasteiger partial charge on any atom is -0.453 e. The average molecular weight is 195 g/mol. The molecule has 0 unspecified atom stereocenters. The maximum Gasteiger partial charge on any atom is 0.409 e. The van der Waals surface area contributed by atoms with Gasteiger partial charge in [-0.15, -0.1) is 12.4 Å². The molecule has 1 aliphatic heterocycles. The van der Waals surface area contributed by atoms with Gasteiger partial charge in [-0.3, -0.25) is 0 Å². The van der Waals surface area contributed by atoms with Gasteiger partial charge in [-0.05, 0) is 12.8 Å². The van der Waals surface area contributed by atoms with Gasteiger partial charge in [0, 0.05) is 19.1 Å². The van der Waals surface area contributed by atoms with E-state index < -0.39 is 0 Å². The summed E-state index contributed by atoms with van der Waals surface area (Å²) in [4.78, 5) is 12.6. The maximum absolute atomic E-state index is 11.0. The van der Waals surface area contributed by atoms with E-state index in [1.807, 2.05) is 0 Å². The van der Waals surface area contributed by atoms with E-state index in [0.29, 0.717) is 6.54 Å². The lowest BCUT2D eigenvalue weighted by molar-refractivity contribution is 0.111. The number of methoxy groups -OCH3 is 1. The van der Waals surface area contributed by atoms with Crippen molar-refractivity contribution in [2.45, 2.75) is 18.9 Å². The fourth-order valence-electron chi connectivity index (χ4n) is 1.30. The molecule has 72 valence electrons. The Bertz CT molecular complexity index is 154. The summed E-state index contributed by atoms with van der Waals surface area (Å²) in [5.41, 5.74) is 5.67. The number of piperidine rings is 1. The number of nitrogens with zero attached hydrogens (tertiary/aromatic N) is 1. The van der Waals surface area contributed by atoms with Gasteiger partial charge in [-0.2, -0.15) is 0 Å². The lowest BCUT2D eigenvalue weighted by atomic mass is 10.1. The molecule has 12 heavy (non-hydrogen) atoms. The van der Waals surface area contributed by atoms with Crippen LogP contribution in [0.15, 0.2) is 0 Å². The first-order valence-corrected chi connectivity index (χ1v) is 3.82. The van der Waals surface area contributed by atoms with Crippen LogP contribution >= 0.6 is 12.4 Å². The van der Waals surface area contributed by atoms with E-state index in [1.54, 1.807) is 4.90 Å². The normalized spacial score (nSPS) is 22.8. The summed E-state index contributed by atoms with van der Waals surface area (Å²) < 4.78 is 4.57. The number of likely N-dealkylation sites (tertiary alicyclic amines) is 1. The average Bonchev–Trinajstić information content (AvgIpc) is 2.03. The molecule has 2 N–H and O–H groups in total. The number of hydrogen-bond donors (Lipinski definition) is 1. The van der Waals surface area contributed by atoms with Gasteiger partial charge in [0.1, 0.15) is 0 Å². The van der Waals surface area contributed by atoms with E-state index in [4.69, 9.17) is 5.73 Å². The van der Waals surface area contributed by atoms with Crippen LogP contribution in [0.4, 0.5) is 4.79 Å². The van der Waals surface area contributed by atoms with Gasteiger partial charge in [0.15, 0.2) is 0 Å². The molecule has 1 atom stereocenters. The molecule has 0 bridgehead atoms. The fourth-order valence-corrected chi connectivity index (χ4v) is 1.30. The highest BCUT2D eigenvalue weighted by Gasteiger charge is 2.20. The van der Waals surface area contributed by atoms with Crippen molar-refractivity contribution in [2.24, 2.45) is 5.73 Å². The Labute approximate surface area is 78.5 Å². The smallest absolute Gasteiger partial charge is 0.409 e. The summed E-state index contributed by atoms with van der Waals surface area (Å²) in [7, 11) is 1.39. The molecule has 4 nitrogen and oxygen atoms in total. The monoisotopic (exact) mass is 194 g/mol. The second-order valence-electron chi connectivity index (χ2n) is 2.82. The quantitative estimate of drug-likeness (QED) is 0.615. The van der Waals surface area contributed by atoms with Crippen LogP contribution in [0, 0.1) is 0 Å². The second kappa shape index (κ2) is 5.22. The van der Waals surface area contributed by atoms with E-state index in [0.717, 1.165) is 19.4 Å². The molecular formula is C7H15ClN2O2. The van der Waals surface area contributed by atoms with Gasteiger partial charge < -0.3 is 15.4 Å². The summed E-state index contributed by atoms with van der Waals surface area (Å²) in [5.74, 6) is 0. The molecule has 0 aromatic carbocycles. The lowest BCUT2D eigenvalue weighted by Crippen LogP contribution is -2.45. The lowest BCUT2D eigenvalue weighted by Gasteiger charge is -2.29. The molecule has 1 fully saturated rings. The van der Waals surface area contributed by atoms with Crippen LogP contribution in [-0.4, -0.2) is 37.2 Å². The van der Waals surface area contributed by atoms with Crippen LogP contribution in [0.3, 0.4) is 0 Å². The summed E-state index contributed by atoms with van der Waals surface area (Å²) in [5, 5.41) is 0. The van der Waals surface area contributed by atoms with Crippen molar-refractivity contribution in [1.29, 1.82) is 0 Å². The first-order chi connectivity index (χ1) is 5.24. The molecule has 1 rings (SSSR count). The Morgan fingerprint density at radius 2 is 2.33 bits per heavy atom. The molecule has 0 aromatic heterocycles. The van der Waals surface area contributed by atoms with Gasteiger partial charge >= 0.3 is 6.09 Å². The van der Waals surface area contributed by atoms with Crippen LogP contribution in [0.2, 0.25) is 0 Å². The SMILES string of the molecule is COC(=O)N1CCC[C@@H](N)C1.Cl. The van der Waals surface area contributed by atoms with Crippen LogP contribution < -0.4 is 5.73 Å². The summed E-state index contributed by atoms with van der Waals surface area (Å²) in [6.45, 7) is 1.41. The standard InChI is InChI=1S/C7H14N2O2.ClH/c1-11-7(10)9-4-2-3-6(8)5-9;/h6H,2-5,8H2,1H3;1H/t6-;/m1./s1. The molecule has 0 radical (unpaired) electrons. The number of hydrogen-bond acceptors (Lipinski definition) is 3. The van der Waals surface area contributed by atoms with Gasteiger partial charge in [-0.1, -0.05) is 0 Å². The van der Waals surface area contributed by atoms with Crippen LogP contribution in [0.1, 0.15) is 12.8 Å². The number of halogens is 1. The van der Waals surface area contributed by atoms with E-state index in [-0.39, 0.29) is 24.5 Å². The minimum atomic E-state index is -0.264.